The van der Waals surface area contributed by atoms with Gasteiger partial charge in [0.15, 0.2) is 0 Å². The van der Waals surface area contributed by atoms with E-state index in [2.05, 4.69) is 12.6 Å². The molecule has 0 saturated heterocycles. The van der Waals surface area contributed by atoms with Crippen LogP contribution < -0.4 is 4.74 Å². The molecule has 0 saturated carbocycles. The van der Waals surface area contributed by atoms with E-state index in [4.69, 9.17) is 4.74 Å². The van der Waals surface area contributed by atoms with Crippen molar-refractivity contribution in [3.8, 4) is 5.75 Å². The smallest absolute Gasteiger partial charge is 0.273 e. The predicted molar refractivity (Wildman–Crippen MR) is 52.3 cm³/mol. The third-order valence-corrected chi connectivity index (χ3v) is 1.95. The topological polar surface area (TPSA) is 52.4 Å². The van der Waals surface area contributed by atoms with E-state index in [1.807, 2.05) is 0 Å². The molecular weight excluding hydrogens is 190 g/mol. The standard InChI is InChI=1S/C8H9NO3S/c1-12-8-3-6(5-13)2-7(4-8)9(10)11/h2-4,13H,5H2,1H3. The zero-order chi connectivity index (χ0) is 9.84. The highest BCUT2D eigenvalue weighted by Gasteiger charge is 2.08. The maximum absolute atomic E-state index is 10.5. The van der Waals surface area contributed by atoms with Gasteiger partial charge in [-0.2, -0.15) is 12.6 Å². The van der Waals surface area contributed by atoms with Gasteiger partial charge in [-0.15, -0.1) is 0 Å². The lowest BCUT2D eigenvalue weighted by molar-refractivity contribution is -0.385. The number of nitro benzene ring substituents is 1. The molecule has 1 aromatic rings. The Kier molecular flexibility index (Phi) is 3.13. The Bertz CT molecular complexity index is 305. The third kappa shape index (κ3) is 2.35. The van der Waals surface area contributed by atoms with Crippen molar-refractivity contribution in [1.82, 2.24) is 0 Å². The van der Waals surface area contributed by atoms with Gasteiger partial charge < -0.3 is 4.74 Å². The highest BCUT2D eigenvalue weighted by atomic mass is 32.1. The minimum Gasteiger partial charge on any atom is -0.496 e. The number of nitro groups is 1. The lowest BCUT2D eigenvalue weighted by atomic mass is 10.2. The maximum Gasteiger partial charge on any atom is 0.273 e. The van der Waals surface area contributed by atoms with Crippen molar-refractivity contribution >= 4 is 18.3 Å². The van der Waals surface area contributed by atoms with Crippen LogP contribution >= 0.6 is 12.6 Å². The second kappa shape index (κ2) is 4.13. The Labute approximate surface area is 81.1 Å². The van der Waals surface area contributed by atoms with Crippen molar-refractivity contribution in [1.29, 1.82) is 0 Å². The molecule has 4 nitrogen and oxygen atoms in total. The van der Waals surface area contributed by atoms with Crippen LogP contribution in [0.25, 0.3) is 0 Å². The van der Waals surface area contributed by atoms with E-state index < -0.39 is 4.92 Å². The largest absolute Gasteiger partial charge is 0.496 e. The normalized spacial score (nSPS) is 9.69. The third-order valence-electron chi connectivity index (χ3n) is 1.58. The van der Waals surface area contributed by atoms with Crippen LogP contribution in [0.2, 0.25) is 0 Å². The Balaban J connectivity index is 3.14. The van der Waals surface area contributed by atoms with Crippen LogP contribution in [0, 0.1) is 10.1 Å². The van der Waals surface area contributed by atoms with E-state index in [1.54, 1.807) is 6.07 Å². The summed E-state index contributed by atoms with van der Waals surface area (Å²) in [6, 6.07) is 4.59. The number of hydrogen-bond acceptors (Lipinski definition) is 4. The number of benzene rings is 1. The van der Waals surface area contributed by atoms with Crippen LogP contribution in [-0.2, 0) is 5.75 Å². The molecule has 0 fully saturated rings. The molecule has 0 atom stereocenters. The number of nitrogens with zero attached hydrogens (tertiary/aromatic N) is 1. The lowest BCUT2D eigenvalue weighted by Gasteiger charge is -2.02. The van der Waals surface area contributed by atoms with Crippen molar-refractivity contribution in [2.45, 2.75) is 5.75 Å². The van der Waals surface area contributed by atoms with Crippen LogP contribution in [0.1, 0.15) is 5.56 Å². The zero-order valence-corrected chi connectivity index (χ0v) is 7.95. The highest BCUT2D eigenvalue weighted by Crippen LogP contribution is 2.23. The van der Waals surface area contributed by atoms with Crippen LogP contribution in [0.5, 0.6) is 5.75 Å². The molecule has 0 aromatic heterocycles. The average molecular weight is 199 g/mol. The van der Waals surface area contributed by atoms with Gasteiger partial charge in [0.2, 0.25) is 0 Å². The van der Waals surface area contributed by atoms with Gasteiger partial charge in [-0.3, -0.25) is 10.1 Å². The number of thiol groups is 1. The number of methoxy groups -OCH3 is 1. The molecule has 0 heterocycles. The molecule has 13 heavy (non-hydrogen) atoms. The van der Waals surface area contributed by atoms with Gasteiger partial charge in [0.25, 0.3) is 5.69 Å². The molecule has 0 unspecified atom stereocenters. The molecule has 0 amide bonds. The first-order valence-corrected chi connectivity index (χ1v) is 4.24. The van der Waals surface area contributed by atoms with Crippen molar-refractivity contribution in [2.24, 2.45) is 0 Å². The van der Waals surface area contributed by atoms with E-state index in [-0.39, 0.29) is 5.69 Å². The van der Waals surface area contributed by atoms with Crippen molar-refractivity contribution in [2.75, 3.05) is 7.11 Å². The summed E-state index contributed by atoms with van der Waals surface area (Å²) in [5.74, 6) is 0.941. The molecule has 0 radical (unpaired) electrons. The van der Waals surface area contributed by atoms with Gasteiger partial charge >= 0.3 is 0 Å². The second-order valence-corrected chi connectivity index (χ2v) is 2.77. The van der Waals surface area contributed by atoms with Gasteiger partial charge in [0, 0.05) is 11.8 Å². The van der Waals surface area contributed by atoms with Crippen LogP contribution in [0.4, 0.5) is 5.69 Å². The van der Waals surface area contributed by atoms with E-state index in [1.165, 1.54) is 19.2 Å². The zero-order valence-electron chi connectivity index (χ0n) is 7.06. The summed E-state index contributed by atoms with van der Waals surface area (Å²) in [6.07, 6.45) is 0. The van der Waals surface area contributed by atoms with Crippen LogP contribution in [0.3, 0.4) is 0 Å². The molecule has 0 aliphatic heterocycles. The fourth-order valence-corrected chi connectivity index (χ4v) is 1.14. The monoisotopic (exact) mass is 199 g/mol. The first-order chi connectivity index (χ1) is 6.17. The Morgan fingerprint density at radius 3 is 2.69 bits per heavy atom. The lowest BCUT2D eigenvalue weighted by Crippen LogP contribution is -1.92. The van der Waals surface area contributed by atoms with Gasteiger partial charge in [-0.25, -0.2) is 0 Å². The first kappa shape index (κ1) is 9.85. The maximum atomic E-state index is 10.5. The summed E-state index contributed by atoms with van der Waals surface area (Å²) >= 11 is 4.03. The molecule has 0 spiro atoms. The predicted octanol–water partition coefficient (Wildman–Crippen LogP) is 2.03. The SMILES string of the molecule is COc1cc(CS)cc([N+](=O)[O-])c1. The highest BCUT2D eigenvalue weighted by molar-refractivity contribution is 7.79. The molecule has 0 aliphatic rings. The minimum absolute atomic E-state index is 0.0309. The summed E-state index contributed by atoms with van der Waals surface area (Å²) in [4.78, 5) is 10.0. The Morgan fingerprint density at radius 1 is 1.54 bits per heavy atom. The van der Waals surface area contributed by atoms with Crippen molar-refractivity contribution in [3.05, 3.63) is 33.9 Å². The fraction of sp³-hybridized carbons (Fsp3) is 0.250. The molecule has 70 valence electrons. The van der Waals surface area contributed by atoms with Crippen LogP contribution in [-0.4, -0.2) is 12.0 Å². The van der Waals surface area contributed by atoms with E-state index in [0.717, 1.165) is 5.56 Å². The summed E-state index contributed by atoms with van der Waals surface area (Å²) in [5.41, 5.74) is 0.804. The summed E-state index contributed by atoms with van der Waals surface area (Å²) in [7, 11) is 1.47. The van der Waals surface area contributed by atoms with Gasteiger partial charge in [-0.05, 0) is 11.6 Å². The van der Waals surface area contributed by atoms with Crippen molar-refractivity contribution in [3.63, 3.8) is 0 Å². The molecule has 5 heteroatoms. The summed E-state index contributed by atoms with van der Waals surface area (Å²) in [6.45, 7) is 0. The van der Waals surface area contributed by atoms with Gasteiger partial charge in [0.1, 0.15) is 5.75 Å². The Hall–Kier alpha value is -1.23. The quantitative estimate of drug-likeness (QED) is 0.460. The van der Waals surface area contributed by atoms with Crippen molar-refractivity contribution < 1.29 is 9.66 Å². The van der Waals surface area contributed by atoms with Gasteiger partial charge in [-0.1, -0.05) is 0 Å². The minimum atomic E-state index is -0.449. The second-order valence-electron chi connectivity index (χ2n) is 2.45. The molecule has 0 bridgehead atoms. The Morgan fingerprint density at radius 2 is 2.23 bits per heavy atom. The molecule has 1 rings (SSSR count). The summed E-state index contributed by atoms with van der Waals surface area (Å²) < 4.78 is 4.91. The fourth-order valence-electron chi connectivity index (χ4n) is 0.958. The number of hydrogen-bond donors (Lipinski definition) is 1. The molecule has 0 aliphatic carbocycles. The first-order valence-electron chi connectivity index (χ1n) is 3.60. The number of non-ortho nitro benzene ring substituents is 1. The van der Waals surface area contributed by atoms with E-state index in [9.17, 15) is 10.1 Å². The average Bonchev–Trinajstić information content (AvgIpc) is 2.16. The number of rotatable bonds is 3. The van der Waals surface area contributed by atoms with Gasteiger partial charge in [0.05, 0.1) is 18.1 Å². The molecule has 0 N–H and O–H groups in total. The van der Waals surface area contributed by atoms with E-state index in [0.29, 0.717) is 11.5 Å². The van der Waals surface area contributed by atoms with Crippen LogP contribution in [0.15, 0.2) is 18.2 Å². The van der Waals surface area contributed by atoms with E-state index >= 15 is 0 Å². The molecular formula is C8H9NO3S. The summed E-state index contributed by atoms with van der Waals surface area (Å²) in [5, 5.41) is 10.5. The number of ether oxygens (including phenoxy) is 1. The molecule has 1 aromatic carbocycles.